The quantitative estimate of drug-likeness (QED) is 0.116. The summed E-state index contributed by atoms with van der Waals surface area (Å²) in [7, 11) is 0. The lowest BCUT2D eigenvalue weighted by Gasteiger charge is -2.18. The normalized spacial score (nSPS) is 10.8. The van der Waals surface area contributed by atoms with Crippen LogP contribution >= 0.6 is 23.2 Å². The van der Waals surface area contributed by atoms with E-state index in [0.29, 0.717) is 49.6 Å². The van der Waals surface area contributed by atoms with E-state index in [1.54, 1.807) is 66.7 Å². The van der Waals surface area contributed by atoms with Crippen LogP contribution in [0, 0.1) is 0 Å². The van der Waals surface area contributed by atoms with Gasteiger partial charge in [0.2, 0.25) is 0 Å². The van der Waals surface area contributed by atoms with E-state index in [1.807, 2.05) is 30.3 Å². The summed E-state index contributed by atoms with van der Waals surface area (Å²) in [4.78, 5) is 25.0. The first-order chi connectivity index (χ1) is 18.5. The molecule has 0 aromatic heterocycles. The monoisotopic (exact) mass is 546 g/mol. The average Bonchev–Trinajstić information content (AvgIpc) is 2.93. The minimum Gasteiger partial charge on any atom is -0.481 e. The predicted molar refractivity (Wildman–Crippen MR) is 147 cm³/mol. The zero-order chi connectivity index (χ0) is 26.5. The van der Waals surface area contributed by atoms with Crippen LogP contribution in [0.4, 0.5) is 0 Å². The van der Waals surface area contributed by atoms with Crippen LogP contribution in [0.25, 0.3) is 21.5 Å². The van der Waals surface area contributed by atoms with Gasteiger partial charge in [0.15, 0.2) is 13.2 Å². The van der Waals surface area contributed by atoms with Crippen LogP contribution in [-0.2, 0) is 9.59 Å². The first-order valence-electron chi connectivity index (χ1n) is 11.6. The molecule has 6 nitrogen and oxygen atoms in total. The Balaban J connectivity index is 1.49. The van der Waals surface area contributed by atoms with Gasteiger partial charge in [-0.05, 0) is 36.4 Å². The fourth-order valence-corrected chi connectivity index (χ4v) is 4.40. The molecule has 0 bridgehead atoms. The van der Waals surface area contributed by atoms with Crippen LogP contribution in [0.15, 0.2) is 97.1 Å². The summed E-state index contributed by atoms with van der Waals surface area (Å²) < 4.78 is 22.7. The van der Waals surface area contributed by atoms with Crippen molar-refractivity contribution >= 4 is 56.7 Å². The van der Waals surface area contributed by atoms with Gasteiger partial charge in [-0.2, -0.15) is 0 Å². The number of benzene rings is 5. The third-order valence-corrected chi connectivity index (χ3v) is 6.41. The van der Waals surface area contributed by atoms with E-state index in [4.69, 9.17) is 42.1 Å². The summed E-state index contributed by atoms with van der Waals surface area (Å²) in [6.45, 7) is -0.724. The number of carbonyl (C=O) groups excluding carboxylic acids is 2. The third-order valence-electron chi connectivity index (χ3n) is 5.60. The van der Waals surface area contributed by atoms with Crippen LogP contribution in [0.1, 0.15) is 0 Å². The highest BCUT2D eigenvalue weighted by Gasteiger charge is 2.22. The van der Waals surface area contributed by atoms with E-state index in [-0.39, 0.29) is 18.2 Å². The second-order valence-electron chi connectivity index (χ2n) is 8.14. The molecule has 190 valence electrons. The number of rotatable bonds is 8. The van der Waals surface area contributed by atoms with E-state index >= 15 is 0 Å². The third kappa shape index (κ3) is 5.52. The van der Waals surface area contributed by atoms with Crippen molar-refractivity contribution < 1.29 is 28.5 Å². The molecule has 5 aromatic rings. The summed E-state index contributed by atoms with van der Waals surface area (Å²) in [5.41, 5.74) is 0. The van der Waals surface area contributed by atoms with Gasteiger partial charge in [0.1, 0.15) is 23.0 Å². The minimum absolute atomic E-state index is 0.220. The maximum absolute atomic E-state index is 12.5. The summed E-state index contributed by atoms with van der Waals surface area (Å²) >= 11 is 13.0. The molecule has 0 saturated carbocycles. The molecule has 0 aliphatic heterocycles. The number of ether oxygens (including phenoxy) is 4. The SMILES string of the molecule is O=C(COc1c2ccccc2c(OCC(=O)Oc2ccccc2)c2c(Cl)c(Cl)ccc12)Oc1ccccc1. The van der Waals surface area contributed by atoms with Gasteiger partial charge in [0.05, 0.1) is 10.0 Å². The molecule has 0 fully saturated rings. The Hall–Kier alpha value is -4.26. The highest BCUT2D eigenvalue weighted by atomic mass is 35.5. The molecule has 0 aliphatic rings. The van der Waals surface area contributed by atoms with Crippen LogP contribution in [0.5, 0.6) is 23.0 Å². The molecule has 0 unspecified atom stereocenters. The zero-order valence-corrected chi connectivity index (χ0v) is 21.4. The topological polar surface area (TPSA) is 71.1 Å². The summed E-state index contributed by atoms with van der Waals surface area (Å²) in [5, 5.41) is 2.77. The van der Waals surface area contributed by atoms with Crippen molar-refractivity contribution in [2.45, 2.75) is 0 Å². The van der Waals surface area contributed by atoms with Crippen molar-refractivity contribution in [2.24, 2.45) is 0 Å². The predicted octanol–water partition coefficient (Wildman–Crippen LogP) is 7.27. The zero-order valence-electron chi connectivity index (χ0n) is 19.9. The van der Waals surface area contributed by atoms with Gasteiger partial charge >= 0.3 is 11.9 Å². The molecule has 38 heavy (non-hydrogen) atoms. The number of hydrogen-bond acceptors (Lipinski definition) is 6. The van der Waals surface area contributed by atoms with Gasteiger partial charge in [0, 0.05) is 21.5 Å². The molecule has 0 radical (unpaired) electrons. The Labute approximate surface area is 228 Å². The molecule has 0 spiro atoms. The molecular formula is C30H20Cl2O6. The smallest absolute Gasteiger partial charge is 0.349 e. The van der Waals surface area contributed by atoms with Crippen molar-refractivity contribution in [1.29, 1.82) is 0 Å². The Morgan fingerprint density at radius 2 is 1.03 bits per heavy atom. The summed E-state index contributed by atoms with van der Waals surface area (Å²) in [6, 6.07) is 28.0. The number of para-hydroxylation sites is 2. The first-order valence-corrected chi connectivity index (χ1v) is 12.4. The van der Waals surface area contributed by atoms with Gasteiger partial charge < -0.3 is 18.9 Å². The second kappa shape index (κ2) is 11.4. The maximum atomic E-state index is 12.5. The van der Waals surface area contributed by atoms with Gasteiger partial charge in [-0.3, -0.25) is 0 Å². The number of fused-ring (bicyclic) bond motifs is 2. The van der Waals surface area contributed by atoms with E-state index in [1.165, 1.54) is 0 Å². The highest BCUT2D eigenvalue weighted by molar-refractivity contribution is 6.46. The molecule has 8 heteroatoms. The van der Waals surface area contributed by atoms with E-state index in [2.05, 4.69) is 0 Å². The van der Waals surface area contributed by atoms with Gasteiger partial charge in [-0.15, -0.1) is 0 Å². The molecule has 0 amide bonds. The maximum Gasteiger partial charge on any atom is 0.349 e. The largest absolute Gasteiger partial charge is 0.481 e. The van der Waals surface area contributed by atoms with Crippen molar-refractivity contribution in [2.75, 3.05) is 13.2 Å². The summed E-state index contributed by atoms with van der Waals surface area (Å²) in [5.74, 6) is 0.401. The Morgan fingerprint density at radius 3 is 1.58 bits per heavy atom. The van der Waals surface area contributed by atoms with Gasteiger partial charge in [-0.25, -0.2) is 9.59 Å². The minimum atomic E-state index is -0.587. The van der Waals surface area contributed by atoms with Crippen LogP contribution in [-0.4, -0.2) is 25.2 Å². The Morgan fingerprint density at radius 1 is 0.553 bits per heavy atom. The standard InChI is InChI=1S/C30H20Cl2O6/c31-24-16-15-23-27(28(24)32)30(36-18-26(34)38-20-11-5-2-6-12-20)22-14-8-7-13-21(22)29(23)35-17-25(33)37-19-9-3-1-4-10-19/h1-16H,17-18H2. The molecule has 5 rings (SSSR count). The lowest BCUT2D eigenvalue weighted by molar-refractivity contribution is -0.137. The second-order valence-corrected chi connectivity index (χ2v) is 8.92. The van der Waals surface area contributed by atoms with Gasteiger partial charge in [0.25, 0.3) is 0 Å². The lowest BCUT2D eigenvalue weighted by atomic mass is 10.0. The van der Waals surface area contributed by atoms with Crippen molar-refractivity contribution in [3.63, 3.8) is 0 Å². The number of hydrogen-bond donors (Lipinski definition) is 0. The molecular weight excluding hydrogens is 527 g/mol. The summed E-state index contributed by atoms with van der Waals surface area (Å²) in [6.07, 6.45) is 0. The van der Waals surface area contributed by atoms with Crippen molar-refractivity contribution in [3.05, 3.63) is 107 Å². The highest BCUT2D eigenvalue weighted by Crippen LogP contribution is 2.47. The number of esters is 2. The van der Waals surface area contributed by atoms with E-state index < -0.39 is 11.9 Å². The van der Waals surface area contributed by atoms with Crippen molar-refractivity contribution in [3.8, 4) is 23.0 Å². The molecule has 5 aromatic carbocycles. The molecule has 0 N–H and O–H groups in total. The van der Waals surface area contributed by atoms with E-state index in [9.17, 15) is 9.59 Å². The fraction of sp³-hybridized carbons (Fsp3) is 0.0667. The molecule has 0 aliphatic carbocycles. The van der Waals surface area contributed by atoms with E-state index in [0.717, 1.165) is 0 Å². The number of carbonyl (C=O) groups is 2. The fourth-order valence-electron chi connectivity index (χ4n) is 3.99. The Kier molecular flexibility index (Phi) is 7.63. The van der Waals surface area contributed by atoms with Crippen LogP contribution < -0.4 is 18.9 Å². The lowest BCUT2D eigenvalue weighted by Crippen LogP contribution is -2.19. The van der Waals surface area contributed by atoms with Crippen LogP contribution in [0.3, 0.4) is 0 Å². The molecule has 0 heterocycles. The van der Waals surface area contributed by atoms with Crippen LogP contribution in [0.2, 0.25) is 10.0 Å². The average molecular weight is 547 g/mol. The van der Waals surface area contributed by atoms with Gasteiger partial charge in [-0.1, -0.05) is 83.9 Å². The molecule has 0 saturated heterocycles. The number of halogens is 2. The molecule has 0 atom stereocenters. The Bertz CT molecular complexity index is 1620. The van der Waals surface area contributed by atoms with Crippen molar-refractivity contribution in [1.82, 2.24) is 0 Å². The first kappa shape index (κ1) is 25.4.